The maximum atomic E-state index is 13.6. The van der Waals surface area contributed by atoms with Crippen molar-refractivity contribution in [3.8, 4) is 11.4 Å². The summed E-state index contributed by atoms with van der Waals surface area (Å²) in [4.78, 5) is 27.8. The SMILES string of the molecule is COc1ccc(/C=C2\CN(C(C)=O)Cc3c(C(=O)NN4CCCCC4)nn(-c4ccc(Cl)cc4Cl)c32)cc1. The number of hydrogen-bond donors (Lipinski definition) is 1. The molecule has 1 aromatic heterocycles. The van der Waals surface area contributed by atoms with E-state index in [9.17, 15) is 9.59 Å². The minimum Gasteiger partial charge on any atom is -0.497 e. The molecule has 5 rings (SSSR count). The summed E-state index contributed by atoms with van der Waals surface area (Å²) in [5, 5.41) is 7.63. The van der Waals surface area contributed by atoms with Crippen molar-refractivity contribution in [2.75, 3.05) is 26.7 Å². The number of aromatic nitrogens is 2. The number of methoxy groups -OCH3 is 1. The second kappa shape index (κ2) is 11.2. The second-order valence-electron chi connectivity index (χ2n) is 9.49. The number of rotatable bonds is 5. The Balaban J connectivity index is 1.66. The lowest BCUT2D eigenvalue weighted by atomic mass is 9.97. The van der Waals surface area contributed by atoms with Crippen molar-refractivity contribution in [3.63, 3.8) is 0 Å². The second-order valence-corrected chi connectivity index (χ2v) is 10.3. The molecule has 0 unspecified atom stereocenters. The maximum absolute atomic E-state index is 13.6. The maximum Gasteiger partial charge on any atom is 0.286 e. The van der Waals surface area contributed by atoms with Crippen molar-refractivity contribution in [1.29, 1.82) is 0 Å². The first-order valence-electron chi connectivity index (χ1n) is 12.6. The molecule has 0 aliphatic carbocycles. The first kappa shape index (κ1) is 26.3. The number of fused-ring (bicyclic) bond motifs is 1. The van der Waals surface area contributed by atoms with E-state index in [1.54, 1.807) is 34.9 Å². The van der Waals surface area contributed by atoms with Gasteiger partial charge in [-0.3, -0.25) is 15.0 Å². The van der Waals surface area contributed by atoms with Crippen LogP contribution in [0.2, 0.25) is 10.0 Å². The monoisotopic (exact) mass is 553 g/mol. The average Bonchev–Trinajstić information content (AvgIpc) is 3.29. The fourth-order valence-electron chi connectivity index (χ4n) is 4.91. The molecule has 1 N–H and O–H groups in total. The van der Waals surface area contributed by atoms with Crippen molar-refractivity contribution in [2.45, 2.75) is 32.7 Å². The van der Waals surface area contributed by atoms with Crippen molar-refractivity contribution in [3.05, 3.63) is 75.0 Å². The van der Waals surface area contributed by atoms with Gasteiger partial charge >= 0.3 is 0 Å². The zero-order valence-corrected chi connectivity index (χ0v) is 22.8. The van der Waals surface area contributed by atoms with Crippen LogP contribution in [0.15, 0.2) is 42.5 Å². The van der Waals surface area contributed by atoms with Crippen LogP contribution in [0.5, 0.6) is 5.75 Å². The number of benzene rings is 2. The Morgan fingerprint density at radius 1 is 1.03 bits per heavy atom. The molecule has 0 spiro atoms. The number of nitrogens with zero attached hydrogens (tertiary/aromatic N) is 4. The largest absolute Gasteiger partial charge is 0.497 e. The van der Waals surface area contributed by atoms with Crippen molar-refractivity contribution < 1.29 is 14.3 Å². The van der Waals surface area contributed by atoms with E-state index >= 15 is 0 Å². The molecule has 38 heavy (non-hydrogen) atoms. The van der Waals surface area contributed by atoms with Crippen LogP contribution in [0.3, 0.4) is 0 Å². The predicted molar refractivity (Wildman–Crippen MR) is 148 cm³/mol. The highest BCUT2D eigenvalue weighted by molar-refractivity contribution is 6.35. The molecule has 0 bridgehead atoms. The van der Waals surface area contributed by atoms with Crippen LogP contribution in [0, 0.1) is 0 Å². The number of nitrogens with one attached hydrogen (secondary N) is 1. The average molecular weight is 554 g/mol. The molecule has 10 heteroatoms. The normalized spacial score (nSPS) is 16.8. The number of hydrogen-bond acceptors (Lipinski definition) is 5. The van der Waals surface area contributed by atoms with Crippen LogP contribution < -0.4 is 10.2 Å². The number of carbonyl (C=O) groups excluding carboxylic acids is 2. The minimum atomic E-state index is -0.304. The van der Waals surface area contributed by atoms with Gasteiger partial charge in [-0.2, -0.15) is 5.10 Å². The summed E-state index contributed by atoms with van der Waals surface area (Å²) in [7, 11) is 1.62. The number of piperidine rings is 1. The van der Waals surface area contributed by atoms with E-state index < -0.39 is 0 Å². The Bertz CT molecular complexity index is 1390. The quantitative estimate of drug-likeness (QED) is 0.468. The molecule has 2 aliphatic heterocycles. The van der Waals surface area contributed by atoms with E-state index in [4.69, 9.17) is 33.0 Å². The standard InChI is InChI=1S/C28H29Cl2N5O3/c1-18(36)33-16-20(14-19-6-9-22(38-2)10-7-19)27-23(17-33)26(28(37)32-34-12-4-3-5-13-34)31-35(27)25-11-8-21(29)15-24(25)30/h6-11,14-15H,3-5,12-13,16-17H2,1-2H3,(H,32,37)/b20-14+. The van der Waals surface area contributed by atoms with Gasteiger partial charge in [-0.1, -0.05) is 41.8 Å². The van der Waals surface area contributed by atoms with E-state index in [0.717, 1.165) is 54.9 Å². The van der Waals surface area contributed by atoms with Crippen molar-refractivity contribution in [2.24, 2.45) is 0 Å². The van der Waals surface area contributed by atoms with E-state index in [0.29, 0.717) is 27.8 Å². The Labute approximate surface area is 231 Å². The van der Waals surface area contributed by atoms with Crippen LogP contribution >= 0.6 is 23.2 Å². The minimum absolute atomic E-state index is 0.0871. The molecule has 2 aromatic carbocycles. The van der Waals surface area contributed by atoms with E-state index in [1.165, 1.54) is 6.92 Å². The van der Waals surface area contributed by atoms with Crippen molar-refractivity contribution in [1.82, 2.24) is 25.1 Å². The molecule has 1 saturated heterocycles. The van der Waals surface area contributed by atoms with Gasteiger partial charge in [-0.15, -0.1) is 0 Å². The highest BCUT2D eigenvalue weighted by atomic mass is 35.5. The summed E-state index contributed by atoms with van der Waals surface area (Å²) >= 11 is 12.8. The van der Waals surface area contributed by atoms with Gasteiger partial charge in [0.1, 0.15) is 5.75 Å². The Hall–Kier alpha value is -3.33. The smallest absolute Gasteiger partial charge is 0.286 e. The molecule has 0 atom stereocenters. The fraction of sp³-hybridized carbons (Fsp3) is 0.321. The molecule has 2 aliphatic rings. The molecule has 3 heterocycles. The lowest BCUT2D eigenvalue weighted by molar-refractivity contribution is -0.128. The van der Waals surface area contributed by atoms with Gasteiger partial charge in [0.15, 0.2) is 5.69 Å². The summed E-state index contributed by atoms with van der Waals surface area (Å²) in [6.07, 6.45) is 5.21. The first-order chi connectivity index (χ1) is 18.3. The molecule has 0 radical (unpaired) electrons. The summed E-state index contributed by atoms with van der Waals surface area (Å²) in [5.41, 5.74) is 7.06. The summed E-state index contributed by atoms with van der Waals surface area (Å²) in [6, 6.07) is 12.8. The molecule has 1 fully saturated rings. The molecule has 8 nitrogen and oxygen atoms in total. The third-order valence-corrected chi connectivity index (χ3v) is 7.41. The lowest BCUT2D eigenvalue weighted by Gasteiger charge is -2.30. The van der Waals surface area contributed by atoms with E-state index in [2.05, 4.69) is 5.43 Å². The Kier molecular flexibility index (Phi) is 7.74. The van der Waals surface area contributed by atoms with Gasteiger partial charge in [0.2, 0.25) is 5.91 Å². The van der Waals surface area contributed by atoms with Gasteiger partial charge in [-0.05, 0) is 60.4 Å². The predicted octanol–water partition coefficient (Wildman–Crippen LogP) is 5.22. The third-order valence-electron chi connectivity index (χ3n) is 6.87. The topological polar surface area (TPSA) is 79.7 Å². The van der Waals surface area contributed by atoms with E-state index in [-0.39, 0.29) is 24.1 Å². The number of carbonyl (C=O) groups is 2. The lowest BCUT2D eigenvalue weighted by Crippen LogP contribution is -2.45. The van der Waals surface area contributed by atoms with Crippen LogP contribution in [-0.4, -0.2) is 58.2 Å². The van der Waals surface area contributed by atoms with Crippen LogP contribution in [0.4, 0.5) is 0 Å². The zero-order chi connectivity index (χ0) is 26.8. The molecular weight excluding hydrogens is 525 g/mol. The highest BCUT2D eigenvalue weighted by Crippen LogP contribution is 2.36. The van der Waals surface area contributed by atoms with Gasteiger partial charge in [0, 0.05) is 37.1 Å². The zero-order valence-electron chi connectivity index (χ0n) is 21.3. The third kappa shape index (κ3) is 5.43. The molecule has 0 saturated carbocycles. The van der Waals surface area contributed by atoms with Gasteiger partial charge in [0.05, 0.1) is 30.1 Å². The Morgan fingerprint density at radius 3 is 2.42 bits per heavy atom. The van der Waals surface area contributed by atoms with Crippen LogP contribution in [0.1, 0.15) is 53.5 Å². The summed E-state index contributed by atoms with van der Waals surface area (Å²) < 4.78 is 6.99. The van der Waals surface area contributed by atoms with Gasteiger partial charge in [-0.25, -0.2) is 9.69 Å². The number of hydrazine groups is 1. The summed E-state index contributed by atoms with van der Waals surface area (Å²) in [6.45, 7) is 3.74. The fourth-order valence-corrected chi connectivity index (χ4v) is 5.40. The first-order valence-corrected chi connectivity index (χ1v) is 13.3. The Morgan fingerprint density at radius 2 is 1.76 bits per heavy atom. The number of amides is 2. The van der Waals surface area contributed by atoms with E-state index in [1.807, 2.05) is 35.4 Å². The molecule has 2 amide bonds. The number of ether oxygens (including phenoxy) is 1. The van der Waals surface area contributed by atoms with Gasteiger partial charge in [0.25, 0.3) is 5.91 Å². The van der Waals surface area contributed by atoms with Crippen LogP contribution in [0.25, 0.3) is 17.3 Å². The van der Waals surface area contributed by atoms with Crippen molar-refractivity contribution >= 4 is 46.7 Å². The summed E-state index contributed by atoms with van der Waals surface area (Å²) in [5.74, 6) is 0.355. The molecular formula is C28H29Cl2N5O3. The highest BCUT2D eigenvalue weighted by Gasteiger charge is 2.33. The van der Waals surface area contributed by atoms with Crippen LogP contribution in [-0.2, 0) is 11.3 Å². The number of halogens is 2. The molecule has 198 valence electrons. The van der Waals surface area contributed by atoms with Gasteiger partial charge < -0.3 is 9.64 Å². The molecule has 3 aromatic rings.